The van der Waals surface area contributed by atoms with Crippen LogP contribution < -0.4 is 10.1 Å². The molecule has 0 radical (unpaired) electrons. The molecule has 2 aromatic carbocycles. The van der Waals surface area contributed by atoms with E-state index in [1.807, 2.05) is 6.07 Å². The molecule has 1 amide bonds. The van der Waals surface area contributed by atoms with Crippen molar-refractivity contribution < 1.29 is 37.3 Å². The van der Waals surface area contributed by atoms with Crippen molar-refractivity contribution in [3.63, 3.8) is 0 Å². The van der Waals surface area contributed by atoms with Crippen LogP contribution in [0.2, 0.25) is 0 Å². The highest BCUT2D eigenvalue weighted by atomic mass is 79.9. The van der Waals surface area contributed by atoms with Gasteiger partial charge in [-0.25, -0.2) is 9.59 Å². The predicted molar refractivity (Wildman–Crippen MR) is 114 cm³/mol. The highest BCUT2D eigenvalue weighted by Crippen LogP contribution is 2.38. The molecule has 6 nitrogen and oxygen atoms in total. The Balaban J connectivity index is 2.36. The third-order valence-corrected chi connectivity index (χ3v) is 4.68. The minimum atomic E-state index is -4.66. The second-order valence-electron chi connectivity index (χ2n) is 7.96. The quantitative estimate of drug-likeness (QED) is 0.501. The number of rotatable bonds is 7. The first-order valence-corrected chi connectivity index (χ1v) is 10.3. The van der Waals surface area contributed by atoms with E-state index in [2.05, 4.69) is 21.2 Å². The van der Waals surface area contributed by atoms with Crippen molar-refractivity contribution in [3.8, 4) is 5.75 Å². The Kier molecular flexibility index (Phi) is 8.17. The van der Waals surface area contributed by atoms with Crippen LogP contribution in [0.3, 0.4) is 0 Å². The van der Waals surface area contributed by atoms with Crippen molar-refractivity contribution in [2.45, 2.75) is 51.6 Å². The van der Waals surface area contributed by atoms with E-state index >= 15 is 0 Å². The molecule has 0 saturated heterocycles. The number of ether oxygens (including phenoxy) is 2. The van der Waals surface area contributed by atoms with Crippen LogP contribution in [0.15, 0.2) is 46.9 Å². The fourth-order valence-electron chi connectivity index (χ4n) is 2.73. The van der Waals surface area contributed by atoms with Gasteiger partial charge in [0.1, 0.15) is 24.0 Å². The topological polar surface area (TPSA) is 84.9 Å². The van der Waals surface area contributed by atoms with Crippen LogP contribution in [0, 0.1) is 0 Å². The van der Waals surface area contributed by atoms with Crippen molar-refractivity contribution in [2.75, 3.05) is 0 Å². The molecule has 0 heterocycles. The molecule has 0 spiro atoms. The van der Waals surface area contributed by atoms with Gasteiger partial charge in [0, 0.05) is 6.42 Å². The van der Waals surface area contributed by atoms with Crippen LogP contribution in [-0.2, 0) is 28.7 Å². The number of amides is 1. The maximum absolute atomic E-state index is 13.4. The number of carbonyl (C=O) groups excluding carboxylic acids is 1. The average molecular weight is 518 g/mol. The molecule has 2 rings (SSSR count). The van der Waals surface area contributed by atoms with Crippen LogP contribution in [0.1, 0.15) is 37.5 Å². The average Bonchev–Trinajstić information content (AvgIpc) is 2.65. The van der Waals surface area contributed by atoms with Gasteiger partial charge in [-0.15, -0.1) is 0 Å². The van der Waals surface area contributed by atoms with E-state index in [1.54, 1.807) is 45.0 Å². The third kappa shape index (κ3) is 7.74. The molecule has 2 aromatic rings. The standard InChI is InChI=1S/C22H23BrF3NO5/c1-21(2,3)32-20(30)27-17(19(28)29)10-14-9-15(22(24,25)26)11-16(23)18(14)31-12-13-7-5-4-6-8-13/h4-9,11,17H,10,12H2,1-3H3,(H,27,30)(H,28,29). The largest absolute Gasteiger partial charge is 0.487 e. The highest BCUT2D eigenvalue weighted by molar-refractivity contribution is 9.10. The molecule has 10 heteroatoms. The second-order valence-corrected chi connectivity index (χ2v) is 8.81. The van der Waals surface area contributed by atoms with E-state index in [0.717, 1.165) is 17.7 Å². The number of carboxylic acid groups (broad SMARTS) is 1. The summed E-state index contributed by atoms with van der Waals surface area (Å²) in [5.41, 5.74) is -1.12. The summed E-state index contributed by atoms with van der Waals surface area (Å²) in [7, 11) is 0. The molecule has 2 N–H and O–H groups in total. The lowest BCUT2D eigenvalue weighted by atomic mass is 10.0. The molecule has 1 atom stereocenters. The molecule has 174 valence electrons. The number of alkyl carbamates (subject to hydrolysis) is 1. The van der Waals surface area contributed by atoms with Gasteiger partial charge in [0.15, 0.2) is 0 Å². The van der Waals surface area contributed by atoms with Crippen molar-refractivity contribution in [3.05, 3.63) is 63.6 Å². The first-order chi connectivity index (χ1) is 14.8. The number of aliphatic carboxylic acids is 1. The zero-order valence-corrected chi connectivity index (χ0v) is 19.2. The van der Waals surface area contributed by atoms with Gasteiger partial charge in [-0.1, -0.05) is 30.3 Å². The fourth-order valence-corrected chi connectivity index (χ4v) is 3.34. The number of carbonyl (C=O) groups is 2. The monoisotopic (exact) mass is 517 g/mol. The smallest absolute Gasteiger partial charge is 0.416 e. The molecular formula is C22H23BrF3NO5. The lowest BCUT2D eigenvalue weighted by molar-refractivity contribution is -0.139. The number of benzene rings is 2. The molecule has 0 saturated carbocycles. The fraction of sp³-hybridized carbons (Fsp3) is 0.364. The summed E-state index contributed by atoms with van der Waals surface area (Å²) < 4.78 is 50.9. The summed E-state index contributed by atoms with van der Waals surface area (Å²) in [6, 6.07) is 9.07. The van der Waals surface area contributed by atoms with Crippen LogP contribution >= 0.6 is 15.9 Å². The van der Waals surface area contributed by atoms with Gasteiger partial charge in [0.2, 0.25) is 0 Å². The number of nitrogens with one attached hydrogen (secondary N) is 1. The molecular weight excluding hydrogens is 495 g/mol. The minimum absolute atomic E-state index is 0.0136. The van der Waals surface area contributed by atoms with E-state index in [9.17, 15) is 27.9 Å². The summed E-state index contributed by atoms with van der Waals surface area (Å²) in [4.78, 5) is 23.8. The van der Waals surface area contributed by atoms with E-state index in [-0.39, 0.29) is 22.4 Å². The van der Waals surface area contributed by atoms with Gasteiger partial charge in [0.05, 0.1) is 10.0 Å². The van der Waals surface area contributed by atoms with Crippen molar-refractivity contribution in [1.29, 1.82) is 0 Å². The van der Waals surface area contributed by atoms with Crippen molar-refractivity contribution >= 4 is 28.0 Å². The van der Waals surface area contributed by atoms with E-state index in [1.165, 1.54) is 0 Å². The Morgan fingerprint density at radius 3 is 2.28 bits per heavy atom. The summed E-state index contributed by atoms with van der Waals surface area (Å²) in [5.74, 6) is -1.38. The Labute approximate surface area is 191 Å². The normalized spacial score (nSPS) is 12.7. The Hall–Kier alpha value is -2.75. The zero-order chi connectivity index (χ0) is 24.1. The summed E-state index contributed by atoms with van der Waals surface area (Å²) >= 11 is 3.10. The number of alkyl halides is 3. The van der Waals surface area contributed by atoms with E-state index in [4.69, 9.17) is 9.47 Å². The van der Waals surface area contributed by atoms with Gasteiger partial charge in [-0.05, 0) is 60.0 Å². The first kappa shape index (κ1) is 25.5. The maximum atomic E-state index is 13.4. The molecule has 32 heavy (non-hydrogen) atoms. The summed E-state index contributed by atoms with van der Waals surface area (Å²) in [6.07, 6.45) is -6.11. The van der Waals surface area contributed by atoms with Crippen molar-refractivity contribution in [1.82, 2.24) is 5.32 Å². The number of carboxylic acids is 1. The van der Waals surface area contributed by atoms with Crippen LogP contribution in [0.25, 0.3) is 0 Å². The first-order valence-electron chi connectivity index (χ1n) is 9.55. The third-order valence-electron chi connectivity index (χ3n) is 4.09. The lowest BCUT2D eigenvalue weighted by Gasteiger charge is -2.23. The SMILES string of the molecule is CC(C)(C)OC(=O)NC(Cc1cc(C(F)(F)F)cc(Br)c1OCc1ccccc1)C(=O)O. The summed E-state index contributed by atoms with van der Waals surface area (Å²) in [5, 5.41) is 11.7. The molecule has 0 aliphatic carbocycles. The Bertz CT molecular complexity index is 959. The number of hydrogen-bond donors (Lipinski definition) is 2. The van der Waals surface area contributed by atoms with Gasteiger partial charge >= 0.3 is 18.2 Å². The van der Waals surface area contributed by atoms with Gasteiger partial charge in [0.25, 0.3) is 0 Å². The summed E-state index contributed by atoms with van der Waals surface area (Å²) in [6.45, 7) is 4.85. The van der Waals surface area contributed by atoms with Crippen LogP contribution in [0.4, 0.5) is 18.0 Å². The molecule has 0 fully saturated rings. The second kappa shape index (κ2) is 10.2. The molecule has 0 aromatic heterocycles. The Morgan fingerprint density at radius 1 is 1.12 bits per heavy atom. The molecule has 0 aliphatic rings. The van der Waals surface area contributed by atoms with Crippen molar-refractivity contribution in [2.24, 2.45) is 0 Å². The highest BCUT2D eigenvalue weighted by Gasteiger charge is 2.33. The van der Waals surface area contributed by atoms with Gasteiger partial charge < -0.3 is 19.9 Å². The minimum Gasteiger partial charge on any atom is -0.487 e. The number of halogens is 4. The number of hydrogen-bond acceptors (Lipinski definition) is 4. The Morgan fingerprint density at radius 2 is 1.75 bits per heavy atom. The van der Waals surface area contributed by atoms with Crippen LogP contribution in [-0.4, -0.2) is 28.8 Å². The molecule has 0 bridgehead atoms. The maximum Gasteiger partial charge on any atom is 0.416 e. The predicted octanol–water partition coefficient (Wildman–Crippen LogP) is 5.57. The van der Waals surface area contributed by atoms with Gasteiger partial charge in [-0.2, -0.15) is 13.2 Å². The lowest BCUT2D eigenvalue weighted by Crippen LogP contribution is -2.44. The van der Waals surface area contributed by atoms with E-state index in [0.29, 0.717) is 0 Å². The van der Waals surface area contributed by atoms with Gasteiger partial charge in [-0.3, -0.25) is 0 Å². The molecule has 0 aliphatic heterocycles. The van der Waals surface area contributed by atoms with Crippen LogP contribution in [0.5, 0.6) is 5.75 Å². The molecule has 1 unspecified atom stereocenters. The zero-order valence-electron chi connectivity index (χ0n) is 17.6. The van der Waals surface area contributed by atoms with E-state index < -0.39 is 41.9 Å².